The second-order valence-corrected chi connectivity index (χ2v) is 6.31. The molecule has 9 nitrogen and oxygen atoms in total. The van der Waals surface area contributed by atoms with Gasteiger partial charge < -0.3 is 4.74 Å². The number of esters is 1. The third kappa shape index (κ3) is 5.10. The molecule has 0 heterocycles. The molecule has 0 amide bonds. The Kier molecular flexibility index (Phi) is 5.92. The van der Waals surface area contributed by atoms with Gasteiger partial charge in [-0.05, 0) is 36.8 Å². The first-order valence-corrected chi connectivity index (χ1v) is 8.69. The van der Waals surface area contributed by atoms with Crippen LogP contribution in [0.15, 0.2) is 71.7 Å². The fourth-order valence-corrected chi connectivity index (χ4v) is 2.53. The summed E-state index contributed by atoms with van der Waals surface area (Å²) in [5.41, 5.74) is 1.09. The number of nitrogens with zero attached hydrogens (tertiary/aromatic N) is 3. The number of hydrogen-bond donors (Lipinski definition) is 0. The van der Waals surface area contributed by atoms with Crippen LogP contribution in [-0.4, -0.2) is 22.0 Å². The third-order valence-electron chi connectivity index (χ3n) is 4.03. The molecule has 0 bridgehead atoms. The standard InChI is InChI=1S/C21H15N3O6/c1-14-5-7-17(8-6-14)22-13-15-3-2-4-20(9-15)30-21(25)16-10-18(23(26)27)12-19(11-16)24(28)29/h2-13H,1H3. The normalized spacial score (nSPS) is 10.7. The minimum atomic E-state index is -0.950. The van der Waals surface area contributed by atoms with E-state index in [1.807, 2.05) is 31.2 Å². The van der Waals surface area contributed by atoms with Crippen LogP contribution in [0.5, 0.6) is 5.75 Å². The summed E-state index contributed by atoms with van der Waals surface area (Å²) in [6, 6.07) is 16.7. The Labute approximate surface area is 170 Å². The number of nitro groups is 2. The first-order chi connectivity index (χ1) is 14.3. The highest BCUT2D eigenvalue weighted by molar-refractivity contribution is 5.93. The molecule has 0 aliphatic rings. The molecule has 0 aromatic heterocycles. The lowest BCUT2D eigenvalue weighted by Crippen LogP contribution is -2.10. The van der Waals surface area contributed by atoms with Gasteiger partial charge in [-0.25, -0.2) is 4.79 Å². The van der Waals surface area contributed by atoms with Gasteiger partial charge in [0.05, 0.1) is 27.2 Å². The smallest absolute Gasteiger partial charge is 0.344 e. The Morgan fingerprint density at radius 1 is 0.933 bits per heavy atom. The van der Waals surface area contributed by atoms with E-state index < -0.39 is 27.2 Å². The van der Waals surface area contributed by atoms with Crippen molar-refractivity contribution >= 4 is 29.2 Å². The lowest BCUT2D eigenvalue weighted by Gasteiger charge is -2.05. The number of aliphatic imine (C=N–C) groups is 1. The van der Waals surface area contributed by atoms with Crippen molar-refractivity contribution in [1.29, 1.82) is 0 Å². The maximum Gasteiger partial charge on any atom is 0.344 e. The molecule has 0 spiro atoms. The molecule has 3 rings (SSSR count). The molecule has 0 aliphatic carbocycles. The van der Waals surface area contributed by atoms with Gasteiger partial charge >= 0.3 is 5.97 Å². The minimum Gasteiger partial charge on any atom is -0.423 e. The number of benzene rings is 3. The second-order valence-electron chi connectivity index (χ2n) is 6.31. The highest BCUT2D eigenvalue weighted by Crippen LogP contribution is 2.24. The molecule has 150 valence electrons. The van der Waals surface area contributed by atoms with Crippen LogP contribution < -0.4 is 4.74 Å². The van der Waals surface area contributed by atoms with E-state index >= 15 is 0 Å². The van der Waals surface area contributed by atoms with E-state index in [1.165, 1.54) is 6.07 Å². The number of rotatable bonds is 6. The lowest BCUT2D eigenvalue weighted by molar-refractivity contribution is -0.394. The van der Waals surface area contributed by atoms with Gasteiger partial charge in [-0.15, -0.1) is 0 Å². The largest absolute Gasteiger partial charge is 0.423 e. The van der Waals surface area contributed by atoms with Gasteiger partial charge in [0, 0.05) is 18.3 Å². The van der Waals surface area contributed by atoms with Crippen molar-refractivity contribution in [3.8, 4) is 5.75 Å². The number of hydrogen-bond acceptors (Lipinski definition) is 7. The zero-order valence-electron chi connectivity index (χ0n) is 15.7. The highest BCUT2D eigenvalue weighted by atomic mass is 16.6. The number of carbonyl (C=O) groups is 1. The molecule has 0 fully saturated rings. The topological polar surface area (TPSA) is 125 Å². The fourth-order valence-electron chi connectivity index (χ4n) is 2.53. The van der Waals surface area contributed by atoms with Gasteiger partial charge in [0.2, 0.25) is 0 Å². The number of non-ortho nitro benzene ring substituents is 2. The van der Waals surface area contributed by atoms with Crippen molar-refractivity contribution in [1.82, 2.24) is 0 Å². The Balaban J connectivity index is 1.80. The SMILES string of the molecule is Cc1ccc(N=Cc2cccc(OC(=O)c3cc([N+](=O)[O-])cc([N+](=O)[O-])c3)c2)cc1. The van der Waals surface area contributed by atoms with Crippen molar-refractivity contribution in [3.63, 3.8) is 0 Å². The molecule has 0 aliphatic heterocycles. The van der Waals surface area contributed by atoms with Crippen LogP contribution in [0.1, 0.15) is 21.5 Å². The average Bonchev–Trinajstić information content (AvgIpc) is 2.73. The summed E-state index contributed by atoms with van der Waals surface area (Å²) in [6.45, 7) is 1.97. The van der Waals surface area contributed by atoms with E-state index in [9.17, 15) is 25.0 Å². The number of ether oxygens (including phenoxy) is 1. The number of aryl methyl sites for hydroxylation is 1. The van der Waals surface area contributed by atoms with Crippen LogP contribution in [0.2, 0.25) is 0 Å². The van der Waals surface area contributed by atoms with Crippen LogP contribution in [0, 0.1) is 27.2 Å². The van der Waals surface area contributed by atoms with Crippen molar-refractivity contribution in [2.24, 2.45) is 4.99 Å². The van der Waals surface area contributed by atoms with Gasteiger partial charge in [-0.1, -0.05) is 29.8 Å². The summed E-state index contributed by atoms with van der Waals surface area (Å²) in [4.78, 5) is 37.1. The Morgan fingerprint density at radius 2 is 1.57 bits per heavy atom. The molecule has 0 atom stereocenters. The average molecular weight is 405 g/mol. The van der Waals surface area contributed by atoms with E-state index in [0.29, 0.717) is 5.56 Å². The van der Waals surface area contributed by atoms with Gasteiger partial charge in [-0.3, -0.25) is 25.2 Å². The summed E-state index contributed by atoms with van der Waals surface area (Å²) in [5, 5.41) is 22.0. The van der Waals surface area contributed by atoms with E-state index in [-0.39, 0.29) is 11.3 Å². The zero-order chi connectivity index (χ0) is 21.7. The Hall–Kier alpha value is -4.40. The predicted molar refractivity (Wildman–Crippen MR) is 110 cm³/mol. The molecule has 9 heteroatoms. The number of carbonyl (C=O) groups excluding carboxylic acids is 1. The molecule has 30 heavy (non-hydrogen) atoms. The first kappa shape index (κ1) is 20.3. The van der Waals surface area contributed by atoms with Crippen LogP contribution >= 0.6 is 0 Å². The number of nitro benzene ring substituents is 2. The minimum absolute atomic E-state index is 0.169. The summed E-state index contributed by atoms with van der Waals surface area (Å²) < 4.78 is 5.23. The highest BCUT2D eigenvalue weighted by Gasteiger charge is 2.21. The summed E-state index contributed by atoms with van der Waals surface area (Å²) in [6.07, 6.45) is 1.60. The molecular weight excluding hydrogens is 390 g/mol. The molecule has 0 unspecified atom stereocenters. The van der Waals surface area contributed by atoms with Crippen LogP contribution in [0.3, 0.4) is 0 Å². The molecule has 3 aromatic carbocycles. The van der Waals surface area contributed by atoms with Crippen molar-refractivity contribution in [3.05, 3.63) is 104 Å². The first-order valence-electron chi connectivity index (χ1n) is 8.69. The maximum absolute atomic E-state index is 12.4. The zero-order valence-corrected chi connectivity index (χ0v) is 15.7. The molecule has 0 saturated carbocycles. The van der Waals surface area contributed by atoms with Crippen LogP contribution in [-0.2, 0) is 0 Å². The van der Waals surface area contributed by atoms with E-state index in [4.69, 9.17) is 4.74 Å². The van der Waals surface area contributed by atoms with Gasteiger partial charge in [0.15, 0.2) is 0 Å². The summed E-state index contributed by atoms with van der Waals surface area (Å²) in [5.74, 6) is -0.781. The Bertz CT molecular complexity index is 1120. The van der Waals surface area contributed by atoms with E-state index in [2.05, 4.69) is 4.99 Å². The maximum atomic E-state index is 12.4. The summed E-state index contributed by atoms with van der Waals surface area (Å²) >= 11 is 0. The predicted octanol–water partition coefficient (Wildman–Crippen LogP) is 4.78. The van der Waals surface area contributed by atoms with E-state index in [0.717, 1.165) is 29.4 Å². The quantitative estimate of drug-likeness (QED) is 0.191. The van der Waals surface area contributed by atoms with Crippen molar-refractivity contribution in [2.45, 2.75) is 6.92 Å². The molecule has 0 radical (unpaired) electrons. The fraction of sp³-hybridized carbons (Fsp3) is 0.0476. The van der Waals surface area contributed by atoms with Crippen molar-refractivity contribution < 1.29 is 19.4 Å². The van der Waals surface area contributed by atoms with E-state index in [1.54, 1.807) is 24.4 Å². The van der Waals surface area contributed by atoms with Gasteiger partial charge in [0.1, 0.15) is 5.75 Å². The Morgan fingerprint density at radius 3 is 2.17 bits per heavy atom. The van der Waals surface area contributed by atoms with Gasteiger partial charge in [0.25, 0.3) is 11.4 Å². The third-order valence-corrected chi connectivity index (χ3v) is 4.03. The van der Waals surface area contributed by atoms with Crippen molar-refractivity contribution in [2.75, 3.05) is 0 Å². The van der Waals surface area contributed by atoms with Crippen LogP contribution in [0.25, 0.3) is 0 Å². The molecule has 0 N–H and O–H groups in total. The molecule has 3 aromatic rings. The van der Waals surface area contributed by atoms with Gasteiger partial charge in [-0.2, -0.15) is 0 Å². The molecule has 0 saturated heterocycles. The molecular formula is C21H15N3O6. The summed E-state index contributed by atoms with van der Waals surface area (Å²) in [7, 11) is 0. The lowest BCUT2D eigenvalue weighted by atomic mass is 10.1. The van der Waals surface area contributed by atoms with Crippen LogP contribution in [0.4, 0.5) is 17.1 Å². The second kappa shape index (κ2) is 8.74. The monoisotopic (exact) mass is 405 g/mol.